The summed E-state index contributed by atoms with van der Waals surface area (Å²) in [6, 6.07) is 16.3. The van der Waals surface area contributed by atoms with Crippen molar-refractivity contribution in [3.63, 3.8) is 0 Å². The Balaban J connectivity index is 1.39. The molecule has 29 heavy (non-hydrogen) atoms. The van der Waals surface area contributed by atoms with Crippen LogP contribution in [0.15, 0.2) is 67.8 Å². The van der Waals surface area contributed by atoms with Crippen molar-refractivity contribution in [2.24, 2.45) is 0 Å². The molecule has 1 N–H and O–H groups in total. The number of hydrogen-bond acceptors (Lipinski definition) is 7. The van der Waals surface area contributed by atoms with E-state index >= 15 is 0 Å². The number of amides is 1. The molecule has 0 saturated carbocycles. The van der Waals surface area contributed by atoms with E-state index in [-0.39, 0.29) is 17.7 Å². The third kappa shape index (κ3) is 3.10. The molecule has 0 atom stereocenters. The smallest absolute Gasteiger partial charge is 0.323 e. The number of para-hydroxylation sites is 2. The molecule has 0 saturated heterocycles. The highest BCUT2D eigenvalue weighted by molar-refractivity contribution is 6.03. The number of rotatable bonds is 5. The lowest BCUT2D eigenvalue weighted by molar-refractivity contribution is 0.0996. The van der Waals surface area contributed by atoms with Gasteiger partial charge in [-0.3, -0.25) is 10.1 Å². The highest BCUT2D eigenvalue weighted by Gasteiger charge is 2.19. The Kier molecular flexibility index (Phi) is 4.02. The second kappa shape index (κ2) is 6.83. The molecule has 8 nitrogen and oxygen atoms in total. The van der Waals surface area contributed by atoms with Gasteiger partial charge in [-0.1, -0.05) is 35.4 Å². The Bertz CT molecular complexity index is 1300. The average Bonchev–Trinajstić information content (AvgIpc) is 3.45. The monoisotopic (exact) mass is 389 g/mol. The molecule has 0 spiro atoms. The number of furan rings is 2. The predicted molar refractivity (Wildman–Crippen MR) is 105 cm³/mol. The van der Waals surface area contributed by atoms with E-state index < -0.39 is 5.91 Å². The zero-order valence-corrected chi connectivity index (χ0v) is 15.3. The quantitative estimate of drug-likeness (QED) is 0.457. The molecule has 0 fully saturated rings. The Morgan fingerprint density at radius 3 is 2.72 bits per heavy atom. The van der Waals surface area contributed by atoms with Crippen LogP contribution < -0.4 is 10.1 Å². The molecule has 1 amide bonds. The molecule has 0 radical (unpaired) electrons. The lowest BCUT2D eigenvalue weighted by Gasteiger charge is -2.01. The van der Waals surface area contributed by atoms with E-state index in [1.807, 2.05) is 43.3 Å². The minimum Gasteiger partial charge on any atom is -0.490 e. The highest BCUT2D eigenvalue weighted by atomic mass is 16.5. The van der Waals surface area contributed by atoms with Crippen molar-refractivity contribution >= 4 is 33.9 Å². The molecule has 5 aromatic rings. The van der Waals surface area contributed by atoms with Crippen LogP contribution >= 0.6 is 0 Å². The molecule has 0 aliphatic heterocycles. The first-order chi connectivity index (χ1) is 14.2. The number of nitrogens with one attached hydrogen (secondary N) is 1. The summed E-state index contributed by atoms with van der Waals surface area (Å²) in [4.78, 5) is 12.4. The van der Waals surface area contributed by atoms with Gasteiger partial charge in [0, 0.05) is 10.8 Å². The number of anilines is 1. The lowest BCUT2D eigenvalue weighted by atomic mass is 10.2. The van der Waals surface area contributed by atoms with Gasteiger partial charge in [-0.25, -0.2) is 0 Å². The van der Waals surface area contributed by atoms with Gasteiger partial charge in [0.05, 0.1) is 6.61 Å². The van der Waals surface area contributed by atoms with Gasteiger partial charge >= 0.3 is 6.01 Å². The van der Waals surface area contributed by atoms with Crippen LogP contribution in [0.4, 0.5) is 6.01 Å². The van der Waals surface area contributed by atoms with Crippen LogP contribution in [-0.2, 0) is 0 Å². The van der Waals surface area contributed by atoms with Crippen LogP contribution in [-0.4, -0.2) is 22.7 Å². The summed E-state index contributed by atoms with van der Waals surface area (Å²) in [5, 5.41) is 12.0. The fourth-order valence-electron chi connectivity index (χ4n) is 3.04. The van der Waals surface area contributed by atoms with Gasteiger partial charge in [-0.2, -0.15) is 0 Å². The van der Waals surface area contributed by atoms with Crippen LogP contribution in [0.5, 0.6) is 5.75 Å². The fraction of sp³-hybridized carbons (Fsp3) is 0.0952. The number of benzene rings is 2. The maximum atomic E-state index is 12.4. The van der Waals surface area contributed by atoms with Gasteiger partial charge in [0.2, 0.25) is 0 Å². The molecule has 3 aromatic heterocycles. The maximum Gasteiger partial charge on any atom is 0.323 e. The number of nitrogens with zero attached hydrogens (tertiary/aromatic N) is 2. The molecule has 2 aromatic carbocycles. The standard InChI is InChI=1S/C21H15N3O5/c1-2-26-15-9-5-7-13-11-17(28-18(13)15)20-23-24-21(29-20)22-19(25)16-10-12-6-3-4-8-14(12)27-16/h3-11H,2H2,1H3,(H,22,24,25). The van der Waals surface area contributed by atoms with Gasteiger partial charge in [0.1, 0.15) is 5.58 Å². The number of ether oxygens (including phenoxy) is 1. The Morgan fingerprint density at radius 2 is 1.86 bits per heavy atom. The third-order valence-corrected chi connectivity index (χ3v) is 4.31. The van der Waals surface area contributed by atoms with Crippen molar-refractivity contribution in [3.05, 3.63) is 60.4 Å². The number of fused-ring (bicyclic) bond motifs is 2. The van der Waals surface area contributed by atoms with Crippen LogP contribution in [0.1, 0.15) is 17.5 Å². The SMILES string of the molecule is CCOc1cccc2cc(-c3nnc(NC(=O)c4cc5ccccc5o4)o3)oc12. The predicted octanol–water partition coefficient (Wildman–Crippen LogP) is 4.88. The van der Waals surface area contributed by atoms with Crippen molar-refractivity contribution in [3.8, 4) is 17.4 Å². The van der Waals surface area contributed by atoms with Crippen LogP contribution in [0.2, 0.25) is 0 Å². The van der Waals surface area contributed by atoms with Gasteiger partial charge in [0.25, 0.3) is 11.8 Å². The second-order valence-electron chi connectivity index (χ2n) is 6.23. The summed E-state index contributed by atoms with van der Waals surface area (Å²) in [5.41, 5.74) is 1.21. The largest absolute Gasteiger partial charge is 0.490 e. The number of carbonyl (C=O) groups excluding carboxylic acids is 1. The van der Waals surface area contributed by atoms with Crippen molar-refractivity contribution in [2.45, 2.75) is 6.92 Å². The average molecular weight is 389 g/mol. The van der Waals surface area contributed by atoms with Gasteiger partial charge in [-0.15, -0.1) is 5.10 Å². The number of hydrogen-bond donors (Lipinski definition) is 1. The number of carbonyl (C=O) groups is 1. The minimum absolute atomic E-state index is 0.0593. The molecule has 0 aliphatic carbocycles. The van der Waals surface area contributed by atoms with Crippen molar-refractivity contribution in [2.75, 3.05) is 11.9 Å². The van der Waals surface area contributed by atoms with Crippen molar-refractivity contribution in [1.29, 1.82) is 0 Å². The Hall–Kier alpha value is -4.07. The molecule has 3 heterocycles. The van der Waals surface area contributed by atoms with Gasteiger partial charge < -0.3 is 18.0 Å². The molecule has 144 valence electrons. The summed E-state index contributed by atoms with van der Waals surface area (Å²) in [5.74, 6) is 0.817. The molecule has 0 aliphatic rings. The summed E-state index contributed by atoms with van der Waals surface area (Å²) < 4.78 is 22.5. The fourth-order valence-corrected chi connectivity index (χ4v) is 3.04. The van der Waals surface area contributed by atoms with E-state index in [9.17, 15) is 4.79 Å². The molecule has 0 unspecified atom stereocenters. The summed E-state index contributed by atoms with van der Waals surface area (Å²) in [6.45, 7) is 2.42. The zero-order chi connectivity index (χ0) is 19.8. The summed E-state index contributed by atoms with van der Waals surface area (Å²) in [6.07, 6.45) is 0. The summed E-state index contributed by atoms with van der Waals surface area (Å²) in [7, 11) is 0. The molecule has 5 rings (SSSR count). The minimum atomic E-state index is -0.486. The summed E-state index contributed by atoms with van der Waals surface area (Å²) >= 11 is 0. The van der Waals surface area contributed by atoms with Gasteiger partial charge in [-0.05, 0) is 31.2 Å². The first-order valence-corrected chi connectivity index (χ1v) is 9.00. The normalized spacial score (nSPS) is 11.2. The first kappa shape index (κ1) is 17.1. The van der Waals surface area contributed by atoms with E-state index in [0.717, 1.165) is 10.8 Å². The van der Waals surface area contributed by atoms with E-state index in [1.165, 1.54) is 0 Å². The van der Waals surface area contributed by atoms with Crippen LogP contribution in [0.3, 0.4) is 0 Å². The van der Waals surface area contributed by atoms with E-state index in [0.29, 0.717) is 29.3 Å². The highest BCUT2D eigenvalue weighted by Crippen LogP contribution is 2.33. The zero-order valence-electron chi connectivity index (χ0n) is 15.3. The molecular formula is C21H15N3O5. The third-order valence-electron chi connectivity index (χ3n) is 4.31. The molecular weight excluding hydrogens is 374 g/mol. The van der Waals surface area contributed by atoms with Crippen LogP contribution in [0.25, 0.3) is 33.6 Å². The second-order valence-corrected chi connectivity index (χ2v) is 6.23. The van der Waals surface area contributed by atoms with E-state index in [2.05, 4.69) is 15.5 Å². The van der Waals surface area contributed by atoms with E-state index in [4.69, 9.17) is 18.0 Å². The maximum absolute atomic E-state index is 12.4. The van der Waals surface area contributed by atoms with Crippen molar-refractivity contribution < 1.29 is 22.8 Å². The Labute approximate surface area is 164 Å². The lowest BCUT2D eigenvalue weighted by Crippen LogP contribution is -2.10. The first-order valence-electron chi connectivity index (χ1n) is 9.00. The van der Waals surface area contributed by atoms with Crippen molar-refractivity contribution in [1.82, 2.24) is 10.2 Å². The Morgan fingerprint density at radius 1 is 1.00 bits per heavy atom. The van der Waals surface area contributed by atoms with E-state index in [1.54, 1.807) is 18.2 Å². The van der Waals surface area contributed by atoms with Crippen LogP contribution in [0, 0.1) is 0 Å². The number of aromatic nitrogens is 2. The molecule has 8 heteroatoms. The topological polar surface area (TPSA) is 104 Å². The van der Waals surface area contributed by atoms with Gasteiger partial charge in [0.15, 0.2) is 22.9 Å². The molecule has 0 bridgehead atoms.